The lowest BCUT2D eigenvalue weighted by atomic mass is 10.0. The first kappa shape index (κ1) is 19.0. The van der Waals surface area contributed by atoms with Crippen LogP contribution in [0.1, 0.15) is 24.4 Å². The number of aryl methyl sites for hydroxylation is 1. The van der Waals surface area contributed by atoms with Crippen molar-refractivity contribution in [1.82, 2.24) is 29.5 Å². The molecule has 2 N–H and O–H groups in total. The molecule has 0 aliphatic carbocycles. The van der Waals surface area contributed by atoms with Gasteiger partial charge in [-0.2, -0.15) is 5.10 Å². The van der Waals surface area contributed by atoms with E-state index in [1.807, 2.05) is 36.7 Å². The van der Waals surface area contributed by atoms with Crippen LogP contribution in [0.25, 0.3) is 38.9 Å². The summed E-state index contributed by atoms with van der Waals surface area (Å²) >= 11 is 0. The van der Waals surface area contributed by atoms with E-state index >= 15 is 0 Å². The first-order valence-corrected chi connectivity index (χ1v) is 11.0. The molecule has 1 aliphatic heterocycles. The Hall–Kier alpha value is -3.71. The summed E-state index contributed by atoms with van der Waals surface area (Å²) in [6, 6.07) is 12.1. The molecular weight excluding hydrogens is 400 g/mol. The van der Waals surface area contributed by atoms with Crippen molar-refractivity contribution >= 4 is 16.6 Å². The van der Waals surface area contributed by atoms with E-state index in [4.69, 9.17) is 0 Å². The Morgan fingerprint density at radius 1 is 1.03 bits per heavy atom. The average Bonchev–Trinajstić information content (AvgIpc) is 3.46. The molecule has 7 nitrogen and oxygen atoms in total. The third-order valence-corrected chi connectivity index (χ3v) is 6.47. The molecule has 0 atom stereocenters. The Bertz CT molecular complexity index is 1500. The number of benzene rings is 1. The van der Waals surface area contributed by atoms with E-state index < -0.39 is 0 Å². The number of hydrogen-bond donors (Lipinski definition) is 2. The van der Waals surface area contributed by atoms with Gasteiger partial charge in [-0.25, -0.2) is 4.98 Å². The Morgan fingerprint density at radius 2 is 1.88 bits per heavy atom. The summed E-state index contributed by atoms with van der Waals surface area (Å²) in [6.45, 7) is 4.19. The van der Waals surface area contributed by atoms with E-state index in [9.17, 15) is 4.79 Å². The molecule has 1 aliphatic rings. The van der Waals surface area contributed by atoms with E-state index in [0.29, 0.717) is 6.04 Å². The summed E-state index contributed by atoms with van der Waals surface area (Å²) in [5.41, 5.74) is 6.71. The number of aromatic nitrogens is 5. The van der Waals surface area contributed by atoms with Gasteiger partial charge in [-0.15, -0.1) is 0 Å². The van der Waals surface area contributed by atoms with Gasteiger partial charge in [0.25, 0.3) is 0 Å². The summed E-state index contributed by atoms with van der Waals surface area (Å²) in [5, 5.41) is 9.07. The summed E-state index contributed by atoms with van der Waals surface area (Å²) in [4.78, 5) is 19.9. The number of nitrogens with one attached hydrogen (secondary N) is 2. The van der Waals surface area contributed by atoms with Crippen molar-refractivity contribution in [2.45, 2.75) is 25.8 Å². The van der Waals surface area contributed by atoms with Crippen LogP contribution in [0.2, 0.25) is 0 Å². The van der Waals surface area contributed by atoms with E-state index in [-0.39, 0.29) is 5.56 Å². The van der Waals surface area contributed by atoms with E-state index in [1.54, 1.807) is 6.07 Å². The summed E-state index contributed by atoms with van der Waals surface area (Å²) in [7, 11) is 0. The minimum absolute atomic E-state index is 0.118. The van der Waals surface area contributed by atoms with Crippen molar-refractivity contribution in [1.29, 1.82) is 0 Å². The number of pyridine rings is 2. The number of hydrogen-bond acceptors (Lipinski definition) is 4. The number of para-hydroxylation sites is 1. The number of aromatic amines is 1. The Kier molecular flexibility index (Phi) is 4.43. The third kappa shape index (κ3) is 3.13. The van der Waals surface area contributed by atoms with Gasteiger partial charge in [-0.05, 0) is 56.1 Å². The molecular formula is C25H24N6O. The van der Waals surface area contributed by atoms with Crippen LogP contribution in [0.5, 0.6) is 0 Å². The molecule has 0 radical (unpaired) electrons. The van der Waals surface area contributed by atoms with Gasteiger partial charge < -0.3 is 10.3 Å². The Balaban J connectivity index is 1.45. The number of H-pyrrole nitrogens is 1. The topological polar surface area (TPSA) is 80.0 Å². The van der Waals surface area contributed by atoms with Gasteiger partial charge in [0.05, 0.1) is 24.1 Å². The maximum atomic E-state index is 12.3. The number of imidazole rings is 1. The van der Waals surface area contributed by atoms with E-state index in [1.165, 1.54) is 0 Å². The van der Waals surface area contributed by atoms with E-state index in [2.05, 4.69) is 54.8 Å². The molecule has 0 spiro atoms. The predicted molar refractivity (Wildman–Crippen MR) is 126 cm³/mol. The summed E-state index contributed by atoms with van der Waals surface area (Å²) in [5.74, 6) is 0. The highest BCUT2D eigenvalue weighted by atomic mass is 16.1. The van der Waals surface area contributed by atoms with Crippen LogP contribution in [-0.2, 0) is 0 Å². The zero-order valence-electron chi connectivity index (χ0n) is 17.9. The third-order valence-electron chi connectivity index (χ3n) is 6.47. The second kappa shape index (κ2) is 7.46. The molecule has 1 saturated heterocycles. The number of nitrogens with zero attached hydrogens (tertiary/aromatic N) is 4. The smallest absolute Gasteiger partial charge is 0.249 e. The minimum atomic E-state index is -0.118. The largest absolute Gasteiger partial charge is 0.322 e. The SMILES string of the molecule is Cc1cn2c(-c3cc(=O)[nH]c4ccccc34)cnc2cc1-c1cnn(C2CCNCC2)c1. The van der Waals surface area contributed by atoms with E-state index in [0.717, 1.165) is 70.4 Å². The van der Waals surface area contributed by atoms with Gasteiger partial charge in [0, 0.05) is 40.5 Å². The quantitative estimate of drug-likeness (QED) is 0.460. The molecule has 1 fully saturated rings. The monoisotopic (exact) mass is 424 g/mol. The van der Waals surface area contributed by atoms with Crippen molar-refractivity contribution < 1.29 is 0 Å². The molecule has 1 aromatic carbocycles. The Morgan fingerprint density at radius 3 is 2.75 bits per heavy atom. The lowest BCUT2D eigenvalue weighted by molar-refractivity contribution is 0.343. The summed E-state index contributed by atoms with van der Waals surface area (Å²) < 4.78 is 4.18. The highest BCUT2D eigenvalue weighted by Gasteiger charge is 2.18. The van der Waals surface area contributed by atoms with Crippen molar-refractivity contribution in [3.05, 3.63) is 77.1 Å². The van der Waals surface area contributed by atoms with Crippen LogP contribution in [0.3, 0.4) is 0 Å². The fraction of sp³-hybridized carbons (Fsp3) is 0.240. The van der Waals surface area contributed by atoms with Crippen LogP contribution < -0.4 is 10.9 Å². The number of fused-ring (bicyclic) bond motifs is 2. The number of piperidine rings is 1. The van der Waals surface area contributed by atoms with Crippen LogP contribution in [0.4, 0.5) is 0 Å². The lowest BCUT2D eigenvalue weighted by Crippen LogP contribution is -2.29. The van der Waals surface area contributed by atoms with Gasteiger partial charge in [-0.1, -0.05) is 18.2 Å². The van der Waals surface area contributed by atoms with Crippen molar-refractivity contribution in [2.75, 3.05) is 13.1 Å². The van der Waals surface area contributed by atoms with Gasteiger partial charge in [0.2, 0.25) is 5.56 Å². The Labute approximate surface area is 184 Å². The normalized spacial score (nSPS) is 15.0. The van der Waals surface area contributed by atoms with Crippen LogP contribution in [-0.4, -0.2) is 37.2 Å². The zero-order valence-corrected chi connectivity index (χ0v) is 17.9. The molecule has 0 saturated carbocycles. The highest BCUT2D eigenvalue weighted by molar-refractivity contribution is 5.93. The second-order valence-corrected chi connectivity index (χ2v) is 8.52. The first-order chi connectivity index (χ1) is 15.7. The van der Waals surface area contributed by atoms with Gasteiger partial charge >= 0.3 is 0 Å². The minimum Gasteiger partial charge on any atom is -0.322 e. The maximum absolute atomic E-state index is 12.3. The lowest BCUT2D eigenvalue weighted by Gasteiger charge is -2.22. The molecule has 4 aromatic heterocycles. The van der Waals surface area contributed by atoms with Crippen molar-refractivity contribution in [3.8, 4) is 22.4 Å². The fourth-order valence-corrected chi connectivity index (χ4v) is 4.80. The maximum Gasteiger partial charge on any atom is 0.249 e. The first-order valence-electron chi connectivity index (χ1n) is 11.0. The van der Waals surface area contributed by atoms with Crippen molar-refractivity contribution in [2.24, 2.45) is 0 Å². The molecule has 160 valence electrons. The van der Waals surface area contributed by atoms with Crippen LogP contribution in [0.15, 0.2) is 66.0 Å². The molecule has 0 unspecified atom stereocenters. The van der Waals surface area contributed by atoms with Gasteiger partial charge in [-0.3, -0.25) is 13.9 Å². The highest BCUT2D eigenvalue weighted by Crippen LogP contribution is 2.31. The van der Waals surface area contributed by atoms with Crippen molar-refractivity contribution in [3.63, 3.8) is 0 Å². The van der Waals surface area contributed by atoms with Gasteiger partial charge in [0.15, 0.2) is 0 Å². The van der Waals surface area contributed by atoms with Crippen LogP contribution >= 0.6 is 0 Å². The fourth-order valence-electron chi connectivity index (χ4n) is 4.80. The van der Waals surface area contributed by atoms with Gasteiger partial charge in [0.1, 0.15) is 5.65 Å². The van der Waals surface area contributed by atoms with Crippen LogP contribution in [0, 0.1) is 6.92 Å². The molecule has 0 bridgehead atoms. The molecule has 6 rings (SSSR count). The summed E-state index contributed by atoms with van der Waals surface area (Å²) in [6.07, 6.45) is 10.3. The zero-order chi connectivity index (χ0) is 21.7. The molecule has 0 amide bonds. The molecule has 5 heterocycles. The second-order valence-electron chi connectivity index (χ2n) is 8.52. The molecule has 5 aromatic rings. The average molecular weight is 425 g/mol. The predicted octanol–water partition coefficient (Wildman–Crippen LogP) is 3.94. The molecule has 32 heavy (non-hydrogen) atoms. The standard InChI is InChI=1S/C25H24N6O/c1-16-14-30-23(21-11-25(32)29-22-5-3-2-4-19(21)22)13-27-24(30)10-20(16)17-12-28-31(15-17)18-6-8-26-9-7-18/h2-5,10-15,18,26H,6-9H2,1H3,(H,29,32). The number of rotatable bonds is 3. The molecule has 7 heteroatoms.